The van der Waals surface area contributed by atoms with Crippen molar-refractivity contribution >= 4 is 23.2 Å². The summed E-state index contributed by atoms with van der Waals surface area (Å²) in [6.07, 6.45) is 2.35. The molecule has 0 saturated carbocycles. The molecule has 2 N–H and O–H groups in total. The molecule has 0 aliphatic carbocycles. The van der Waals surface area contributed by atoms with Gasteiger partial charge in [-0.05, 0) is 44.0 Å². The molecule has 25 heavy (non-hydrogen) atoms. The molecule has 2 rings (SSSR count). The monoisotopic (exact) mass is 362 g/mol. The van der Waals surface area contributed by atoms with Crippen LogP contribution in [0.25, 0.3) is 10.6 Å². The lowest BCUT2D eigenvalue weighted by atomic mass is 10.2. The third-order valence-electron chi connectivity index (χ3n) is 3.69. The Bertz CT molecular complexity index is 725. The summed E-state index contributed by atoms with van der Waals surface area (Å²) in [4.78, 5) is 27.8. The second-order valence-corrected chi connectivity index (χ2v) is 6.62. The molecule has 7 heteroatoms. The molecular formula is C18H22N2O4S. The highest BCUT2D eigenvalue weighted by Crippen LogP contribution is 2.29. The van der Waals surface area contributed by atoms with Crippen molar-refractivity contribution in [2.45, 2.75) is 32.6 Å². The second kappa shape index (κ2) is 9.17. The van der Waals surface area contributed by atoms with Crippen LogP contribution in [0.2, 0.25) is 0 Å². The van der Waals surface area contributed by atoms with Crippen molar-refractivity contribution in [1.82, 2.24) is 10.3 Å². The zero-order valence-electron chi connectivity index (χ0n) is 14.4. The summed E-state index contributed by atoms with van der Waals surface area (Å²) in [5, 5.41) is 12.3. The van der Waals surface area contributed by atoms with Crippen LogP contribution >= 0.6 is 11.3 Å². The van der Waals surface area contributed by atoms with E-state index in [1.807, 2.05) is 31.2 Å². The van der Waals surface area contributed by atoms with Gasteiger partial charge >= 0.3 is 5.97 Å². The number of aromatic nitrogens is 1. The van der Waals surface area contributed by atoms with Gasteiger partial charge in [0.25, 0.3) is 5.91 Å². The van der Waals surface area contributed by atoms with Crippen LogP contribution in [0.3, 0.4) is 0 Å². The number of nitrogens with one attached hydrogen (secondary N) is 1. The van der Waals surface area contributed by atoms with E-state index in [1.165, 1.54) is 11.3 Å². The number of ether oxygens (including phenoxy) is 1. The number of aryl methyl sites for hydroxylation is 1. The maximum Gasteiger partial charge on any atom is 0.303 e. The van der Waals surface area contributed by atoms with Crippen molar-refractivity contribution in [3.63, 3.8) is 0 Å². The number of benzene rings is 1. The third-order valence-corrected chi connectivity index (χ3v) is 4.90. The van der Waals surface area contributed by atoms with Crippen molar-refractivity contribution in [3.8, 4) is 16.3 Å². The van der Waals surface area contributed by atoms with Gasteiger partial charge in [0, 0.05) is 18.5 Å². The standard InChI is InChI=1S/C18H22N2O4S/c1-12-16(17(23)19-11-5-3-4-6-15(21)22)25-18(20-12)13-7-9-14(24-2)10-8-13/h7-10H,3-6,11H2,1-2H3,(H,19,23)(H,21,22). The van der Waals surface area contributed by atoms with Crippen LogP contribution in [0, 0.1) is 6.92 Å². The summed E-state index contributed by atoms with van der Waals surface area (Å²) in [6.45, 7) is 2.36. The number of rotatable bonds is 9. The van der Waals surface area contributed by atoms with E-state index in [0.29, 0.717) is 23.5 Å². The SMILES string of the molecule is COc1ccc(-c2nc(C)c(C(=O)NCCCCCC(=O)O)s2)cc1. The van der Waals surface area contributed by atoms with Crippen LogP contribution in [0.5, 0.6) is 5.75 Å². The van der Waals surface area contributed by atoms with E-state index in [1.54, 1.807) is 7.11 Å². The predicted molar refractivity (Wildman–Crippen MR) is 97.3 cm³/mol. The van der Waals surface area contributed by atoms with Crippen LogP contribution < -0.4 is 10.1 Å². The van der Waals surface area contributed by atoms with Crippen LogP contribution in [0.4, 0.5) is 0 Å². The Kier molecular flexibility index (Phi) is 6.94. The van der Waals surface area contributed by atoms with Crippen LogP contribution in [-0.2, 0) is 4.79 Å². The summed E-state index contributed by atoms with van der Waals surface area (Å²) < 4.78 is 5.14. The van der Waals surface area contributed by atoms with Gasteiger partial charge in [0.05, 0.1) is 12.8 Å². The van der Waals surface area contributed by atoms with E-state index < -0.39 is 5.97 Å². The van der Waals surface area contributed by atoms with Crippen LogP contribution in [-0.4, -0.2) is 35.6 Å². The summed E-state index contributed by atoms with van der Waals surface area (Å²) in [5.41, 5.74) is 1.65. The molecule has 0 aliphatic rings. The summed E-state index contributed by atoms with van der Waals surface area (Å²) in [6, 6.07) is 7.56. The molecule has 6 nitrogen and oxygen atoms in total. The molecule has 2 aromatic rings. The number of aliphatic carboxylic acids is 1. The number of methoxy groups -OCH3 is 1. The van der Waals surface area contributed by atoms with Crippen molar-refractivity contribution < 1.29 is 19.4 Å². The number of unbranched alkanes of at least 4 members (excludes halogenated alkanes) is 2. The van der Waals surface area contributed by atoms with Gasteiger partial charge in [-0.2, -0.15) is 0 Å². The molecule has 1 amide bonds. The topological polar surface area (TPSA) is 88.5 Å². The Hall–Kier alpha value is -2.41. The minimum absolute atomic E-state index is 0.131. The van der Waals surface area contributed by atoms with Crippen LogP contribution in [0.15, 0.2) is 24.3 Å². The number of amides is 1. The largest absolute Gasteiger partial charge is 0.497 e. The van der Waals surface area contributed by atoms with Crippen molar-refractivity contribution in [1.29, 1.82) is 0 Å². The Morgan fingerprint density at radius 3 is 2.56 bits per heavy atom. The van der Waals surface area contributed by atoms with E-state index in [9.17, 15) is 9.59 Å². The quantitative estimate of drug-likeness (QED) is 0.667. The lowest BCUT2D eigenvalue weighted by Gasteiger charge is -2.03. The fraction of sp³-hybridized carbons (Fsp3) is 0.389. The number of hydrogen-bond donors (Lipinski definition) is 2. The average Bonchev–Trinajstić information content (AvgIpc) is 2.99. The highest BCUT2D eigenvalue weighted by atomic mass is 32.1. The minimum Gasteiger partial charge on any atom is -0.497 e. The Labute approximate surface area is 150 Å². The highest BCUT2D eigenvalue weighted by molar-refractivity contribution is 7.17. The molecule has 0 aliphatic heterocycles. The number of carbonyl (C=O) groups is 2. The molecule has 0 saturated heterocycles. The maximum absolute atomic E-state index is 12.3. The van der Waals surface area contributed by atoms with E-state index in [2.05, 4.69) is 10.3 Å². The summed E-state index contributed by atoms with van der Waals surface area (Å²) in [5.74, 6) is -0.138. The number of nitrogens with zero attached hydrogens (tertiary/aromatic N) is 1. The normalized spacial score (nSPS) is 10.5. The first kappa shape index (κ1) is 18.9. The maximum atomic E-state index is 12.3. The molecule has 0 radical (unpaired) electrons. The predicted octanol–water partition coefficient (Wildman–Crippen LogP) is 3.50. The number of carbonyl (C=O) groups excluding carboxylic acids is 1. The molecular weight excluding hydrogens is 340 g/mol. The van der Waals surface area contributed by atoms with Gasteiger partial charge in [0.15, 0.2) is 0 Å². The van der Waals surface area contributed by atoms with Gasteiger partial charge < -0.3 is 15.2 Å². The number of thiazole rings is 1. The van der Waals surface area contributed by atoms with Gasteiger partial charge in [-0.25, -0.2) is 4.98 Å². The van der Waals surface area contributed by atoms with Gasteiger partial charge in [-0.15, -0.1) is 11.3 Å². The summed E-state index contributed by atoms with van der Waals surface area (Å²) in [7, 11) is 1.62. The molecule has 1 aromatic carbocycles. The fourth-order valence-corrected chi connectivity index (χ4v) is 3.31. The first-order valence-electron chi connectivity index (χ1n) is 8.13. The Morgan fingerprint density at radius 2 is 1.92 bits per heavy atom. The Morgan fingerprint density at radius 1 is 1.20 bits per heavy atom. The molecule has 0 fully saturated rings. The lowest BCUT2D eigenvalue weighted by Crippen LogP contribution is -2.24. The molecule has 1 aromatic heterocycles. The van der Waals surface area contributed by atoms with Gasteiger partial charge in [0.1, 0.15) is 15.6 Å². The molecule has 0 spiro atoms. The van der Waals surface area contributed by atoms with E-state index in [0.717, 1.165) is 29.2 Å². The number of carboxylic acid groups (broad SMARTS) is 1. The van der Waals surface area contributed by atoms with E-state index in [-0.39, 0.29) is 12.3 Å². The Balaban J connectivity index is 1.90. The number of carboxylic acids is 1. The molecule has 0 atom stereocenters. The first-order valence-corrected chi connectivity index (χ1v) is 8.94. The number of hydrogen-bond acceptors (Lipinski definition) is 5. The van der Waals surface area contributed by atoms with Gasteiger partial charge in [0.2, 0.25) is 0 Å². The summed E-state index contributed by atoms with van der Waals surface area (Å²) >= 11 is 1.36. The molecule has 0 bridgehead atoms. The van der Waals surface area contributed by atoms with Gasteiger partial charge in [-0.3, -0.25) is 9.59 Å². The average molecular weight is 362 g/mol. The fourth-order valence-electron chi connectivity index (χ4n) is 2.32. The third kappa shape index (κ3) is 5.56. The van der Waals surface area contributed by atoms with Crippen LogP contribution in [0.1, 0.15) is 41.0 Å². The zero-order chi connectivity index (χ0) is 18.2. The van der Waals surface area contributed by atoms with Crippen molar-refractivity contribution in [2.75, 3.05) is 13.7 Å². The smallest absolute Gasteiger partial charge is 0.303 e. The second-order valence-electron chi connectivity index (χ2n) is 5.62. The van der Waals surface area contributed by atoms with Crippen molar-refractivity contribution in [2.24, 2.45) is 0 Å². The molecule has 1 heterocycles. The molecule has 134 valence electrons. The van der Waals surface area contributed by atoms with Gasteiger partial charge in [-0.1, -0.05) is 6.42 Å². The van der Waals surface area contributed by atoms with E-state index >= 15 is 0 Å². The first-order chi connectivity index (χ1) is 12.0. The lowest BCUT2D eigenvalue weighted by molar-refractivity contribution is -0.137. The molecule has 0 unspecified atom stereocenters. The zero-order valence-corrected chi connectivity index (χ0v) is 15.2. The highest BCUT2D eigenvalue weighted by Gasteiger charge is 2.15. The minimum atomic E-state index is -0.782. The van der Waals surface area contributed by atoms with E-state index in [4.69, 9.17) is 9.84 Å². The van der Waals surface area contributed by atoms with Crippen molar-refractivity contribution in [3.05, 3.63) is 34.8 Å².